The van der Waals surface area contributed by atoms with Gasteiger partial charge in [0.1, 0.15) is 18.1 Å². The van der Waals surface area contributed by atoms with E-state index in [9.17, 15) is 9.18 Å². The van der Waals surface area contributed by atoms with Gasteiger partial charge in [0.15, 0.2) is 5.82 Å². The highest BCUT2D eigenvalue weighted by molar-refractivity contribution is 5.92. The molecule has 0 radical (unpaired) electrons. The van der Waals surface area contributed by atoms with Crippen LogP contribution in [0, 0.1) is 5.82 Å². The van der Waals surface area contributed by atoms with Crippen molar-refractivity contribution in [1.82, 2.24) is 19.9 Å². The number of pyridine rings is 1. The molecule has 130 valence electrons. The van der Waals surface area contributed by atoms with E-state index in [1.807, 2.05) is 0 Å². The second-order valence-electron chi connectivity index (χ2n) is 6.02. The summed E-state index contributed by atoms with van der Waals surface area (Å²) in [6, 6.07) is 4.17. The van der Waals surface area contributed by atoms with E-state index in [4.69, 9.17) is 9.47 Å². The third-order valence-corrected chi connectivity index (χ3v) is 4.59. The Morgan fingerprint density at radius 1 is 1.28 bits per heavy atom. The fourth-order valence-corrected chi connectivity index (χ4v) is 3.45. The van der Waals surface area contributed by atoms with Crippen LogP contribution in [-0.4, -0.2) is 57.2 Å². The Bertz CT molecular complexity index is 761. The molecule has 1 saturated heterocycles. The van der Waals surface area contributed by atoms with E-state index in [2.05, 4.69) is 15.0 Å². The van der Waals surface area contributed by atoms with Crippen LogP contribution in [-0.2, 0) is 4.74 Å². The van der Waals surface area contributed by atoms with Crippen LogP contribution >= 0.6 is 0 Å². The molecular formula is C17H17FN4O3. The summed E-state index contributed by atoms with van der Waals surface area (Å²) in [6.07, 6.45) is 5.17. The van der Waals surface area contributed by atoms with E-state index in [1.165, 1.54) is 30.9 Å². The van der Waals surface area contributed by atoms with Crippen molar-refractivity contribution in [3.63, 3.8) is 0 Å². The summed E-state index contributed by atoms with van der Waals surface area (Å²) < 4.78 is 25.6. The van der Waals surface area contributed by atoms with Crippen LogP contribution < -0.4 is 4.74 Å². The Morgan fingerprint density at radius 2 is 2.20 bits per heavy atom. The van der Waals surface area contributed by atoms with Crippen molar-refractivity contribution >= 4 is 5.91 Å². The lowest BCUT2D eigenvalue weighted by atomic mass is 10.1. The second kappa shape index (κ2) is 6.72. The molecule has 0 unspecified atom stereocenters. The molecule has 4 rings (SSSR count). The first-order valence-corrected chi connectivity index (χ1v) is 8.20. The minimum absolute atomic E-state index is 0.0654. The summed E-state index contributed by atoms with van der Waals surface area (Å²) >= 11 is 0. The van der Waals surface area contributed by atoms with E-state index in [1.54, 1.807) is 11.0 Å². The van der Waals surface area contributed by atoms with E-state index in [-0.39, 0.29) is 23.9 Å². The number of rotatable bonds is 3. The van der Waals surface area contributed by atoms with Gasteiger partial charge in [-0.2, -0.15) is 0 Å². The molecule has 2 fully saturated rings. The van der Waals surface area contributed by atoms with Gasteiger partial charge in [-0.15, -0.1) is 0 Å². The van der Waals surface area contributed by atoms with E-state index >= 15 is 0 Å². The number of hydrogen-bond acceptors (Lipinski definition) is 6. The average molecular weight is 344 g/mol. The zero-order chi connectivity index (χ0) is 17.2. The van der Waals surface area contributed by atoms with Crippen molar-refractivity contribution in [1.29, 1.82) is 0 Å². The van der Waals surface area contributed by atoms with Gasteiger partial charge in [-0.05, 0) is 31.0 Å². The van der Waals surface area contributed by atoms with Crippen molar-refractivity contribution in [2.75, 3.05) is 13.2 Å². The molecule has 1 aliphatic heterocycles. The molecule has 2 aromatic rings. The molecule has 25 heavy (non-hydrogen) atoms. The van der Waals surface area contributed by atoms with E-state index in [0.717, 1.165) is 12.8 Å². The first-order valence-electron chi connectivity index (χ1n) is 8.20. The molecule has 0 N–H and O–H groups in total. The van der Waals surface area contributed by atoms with Gasteiger partial charge in [0.05, 0.1) is 18.8 Å². The lowest BCUT2D eigenvalue weighted by Crippen LogP contribution is -2.48. The van der Waals surface area contributed by atoms with Crippen molar-refractivity contribution in [3.8, 4) is 5.88 Å². The van der Waals surface area contributed by atoms with Crippen LogP contribution in [0.15, 0.2) is 36.9 Å². The van der Waals surface area contributed by atoms with Crippen molar-refractivity contribution in [3.05, 3.63) is 48.4 Å². The number of nitrogens with zero attached hydrogens (tertiary/aromatic N) is 4. The lowest BCUT2D eigenvalue weighted by molar-refractivity contribution is 0.000302. The number of hydrogen-bond donors (Lipinski definition) is 0. The SMILES string of the molecule is O=C(c1ccncn1)N1CCO[C@H]2CC[C@H]1[C@@H]2Oc1ncccc1F. The first kappa shape index (κ1) is 15.9. The molecule has 1 amide bonds. The predicted octanol–water partition coefficient (Wildman–Crippen LogP) is 1.46. The topological polar surface area (TPSA) is 77.4 Å². The summed E-state index contributed by atoms with van der Waals surface area (Å²) in [4.78, 5) is 26.4. The minimum atomic E-state index is -0.528. The highest BCUT2D eigenvalue weighted by Gasteiger charge is 2.46. The number of carbonyl (C=O) groups excluding carboxylic acids is 1. The van der Waals surface area contributed by atoms with Gasteiger partial charge < -0.3 is 14.4 Å². The van der Waals surface area contributed by atoms with Crippen LogP contribution in [0.3, 0.4) is 0 Å². The van der Waals surface area contributed by atoms with Crippen LogP contribution in [0.25, 0.3) is 0 Å². The van der Waals surface area contributed by atoms with Gasteiger partial charge in [-0.1, -0.05) is 0 Å². The monoisotopic (exact) mass is 344 g/mol. The number of fused-ring (bicyclic) bond motifs is 2. The average Bonchev–Trinajstić information content (AvgIpc) is 2.92. The molecule has 0 aromatic carbocycles. The summed E-state index contributed by atoms with van der Waals surface area (Å²) in [5.74, 6) is -0.794. The zero-order valence-corrected chi connectivity index (χ0v) is 13.4. The Morgan fingerprint density at radius 3 is 3.00 bits per heavy atom. The first-order chi connectivity index (χ1) is 12.2. The van der Waals surface area contributed by atoms with Crippen molar-refractivity contribution < 1.29 is 18.7 Å². The molecule has 3 heterocycles. The van der Waals surface area contributed by atoms with Gasteiger partial charge in [0.2, 0.25) is 0 Å². The second-order valence-corrected chi connectivity index (χ2v) is 6.02. The molecule has 3 atom stereocenters. The molecule has 2 bridgehead atoms. The van der Waals surface area contributed by atoms with Gasteiger partial charge in [-0.3, -0.25) is 4.79 Å². The maximum atomic E-state index is 13.9. The molecule has 2 aliphatic rings. The lowest BCUT2D eigenvalue weighted by Gasteiger charge is -2.31. The minimum Gasteiger partial charge on any atom is -0.467 e. The quantitative estimate of drug-likeness (QED) is 0.839. The standard InChI is InChI=1S/C17H17FN4O3/c18-11-2-1-6-20-16(11)25-15-13-3-4-14(15)24-9-8-22(13)17(23)12-5-7-19-10-21-12/h1-2,5-7,10,13-15H,3-4,8-9H2/t13-,14-,15-/m0/s1. The molecule has 0 spiro atoms. The highest BCUT2D eigenvalue weighted by atomic mass is 19.1. The number of amides is 1. The van der Waals surface area contributed by atoms with Crippen LogP contribution in [0.5, 0.6) is 5.88 Å². The fraction of sp³-hybridized carbons (Fsp3) is 0.412. The number of ether oxygens (including phenoxy) is 2. The van der Waals surface area contributed by atoms with E-state index in [0.29, 0.717) is 18.8 Å². The highest BCUT2D eigenvalue weighted by Crippen LogP contribution is 2.33. The fourth-order valence-electron chi connectivity index (χ4n) is 3.45. The molecule has 7 nitrogen and oxygen atoms in total. The largest absolute Gasteiger partial charge is 0.467 e. The van der Waals surface area contributed by atoms with Crippen molar-refractivity contribution in [2.45, 2.75) is 31.1 Å². The van der Waals surface area contributed by atoms with Crippen LogP contribution in [0.2, 0.25) is 0 Å². The summed E-state index contributed by atoms with van der Waals surface area (Å²) in [7, 11) is 0. The number of halogens is 1. The molecular weight excluding hydrogens is 327 g/mol. The number of carbonyl (C=O) groups is 1. The van der Waals surface area contributed by atoms with Crippen molar-refractivity contribution in [2.24, 2.45) is 0 Å². The third kappa shape index (κ3) is 3.05. The zero-order valence-electron chi connectivity index (χ0n) is 13.4. The van der Waals surface area contributed by atoms with Gasteiger partial charge in [0, 0.05) is 18.9 Å². The Balaban J connectivity index is 1.60. The molecule has 2 aromatic heterocycles. The normalized spacial score (nSPS) is 25.5. The number of aromatic nitrogens is 3. The summed E-state index contributed by atoms with van der Waals surface area (Å²) in [5, 5.41) is 0. The maximum absolute atomic E-state index is 13.9. The summed E-state index contributed by atoms with van der Waals surface area (Å²) in [5.41, 5.74) is 0.322. The Hall–Kier alpha value is -2.61. The third-order valence-electron chi connectivity index (χ3n) is 4.59. The maximum Gasteiger partial charge on any atom is 0.273 e. The van der Waals surface area contributed by atoms with Gasteiger partial charge in [-0.25, -0.2) is 19.3 Å². The summed E-state index contributed by atoms with van der Waals surface area (Å²) in [6.45, 7) is 0.844. The predicted molar refractivity (Wildman–Crippen MR) is 84.4 cm³/mol. The van der Waals surface area contributed by atoms with Crippen LogP contribution in [0.1, 0.15) is 23.3 Å². The van der Waals surface area contributed by atoms with Gasteiger partial charge >= 0.3 is 0 Å². The van der Waals surface area contributed by atoms with Crippen LogP contribution in [0.4, 0.5) is 4.39 Å². The van der Waals surface area contributed by atoms with E-state index < -0.39 is 11.9 Å². The molecule has 1 saturated carbocycles. The molecule has 8 heteroatoms. The Labute approximate surface area is 143 Å². The van der Waals surface area contributed by atoms with Gasteiger partial charge in [0.25, 0.3) is 11.8 Å². The smallest absolute Gasteiger partial charge is 0.273 e. The Kier molecular flexibility index (Phi) is 4.27. The molecule has 1 aliphatic carbocycles.